The number of imidazole rings is 1. The van der Waals surface area contributed by atoms with E-state index in [1.807, 2.05) is 25.3 Å². The van der Waals surface area contributed by atoms with Crippen molar-refractivity contribution in [1.82, 2.24) is 23.7 Å². The molecule has 0 radical (unpaired) electrons. The summed E-state index contributed by atoms with van der Waals surface area (Å²) in [6.07, 6.45) is 10.4. The molecule has 5 nitrogen and oxygen atoms in total. The van der Waals surface area contributed by atoms with Crippen molar-refractivity contribution in [3.8, 4) is 34.0 Å². The van der Waals surface area contributed by atoms with Gasteiger partial charge in [0, 0.05) is 45.8 Å². The van der Waals surface area contributed by atoms with Crippen molar-refractivity contribution < 1.29 is 0 Å². The van der Waals surface area contributed by atoms with Crippen LogP contribution in [0.4, 0.5) is 0 Å². The van der Waals surface area contributed by atoms with E-state index in [2.05, 4.69) is 165 Å². The van der Waals surface area contributed by atoms with Crippen LogP contribution in [0.1, 0.15) is 6.92 Å². The number of hydrogen-bond donors (Lipinski definition) is 0. The number of allylic oxidation sites excluding steroid dienone is 4. The van der Waals surface area contributed by atoms with Gasteiger partial charge in [-0.3, -0.25) is 4.57 Å². The van der Waals surface area contributed by atoms with E-state index in [1.54, 1.807) is 0 Å². The summed E-state index contributed by atoms with van der Waals surface area (Å²) in [6, 6.07) is 49.2. The van der Waals surface area contributed by atoms with Crippen LogP contribution in [0.5, 0.6) is 0 Å². The second-order valence-corrected chi connectivity index (χ2v) is 12.2. The summed E-state index contributed by atoms with van der Waals surface area (Å²) in [4.78, 5) is 10.4. The molecule has 0 bridgehead atoms. The predicted molar refractivity (Wildman–Crippen MR) is 204 cm³/mol. The normalized spacial score (nSPS) is 12.1. The number of nitrogens with zero attached hydrogens (tertiary/aromatic N) is 5. The average molecular weight is 632 g/mol. The van der Waals surface area contributed by atoms with Crippen LogP contribution in [0.15, 0.2) is 170 Å². The summed E-state index contributed by atoms with van der Waals surface area (Å²) in [5.74, 6) is 0.859. The largest absolute Gasteiger partial charge is 0.337 e. The number of aromatic nitrogens is 5. The van der Waals surface area contributed by atoms with Crippen molar-refractivity contribution in [3.05, 3.63) is 170 Å². The second kappa shape index (κ2) is 12.0. The summed E-state index contributed by atoms with van der Waals surface area (Å²) >= 11 is 0. The minimum absolute atomic E-state index is 0.755. The van der Waals surface area contributed by atoms with E-state index < -0.39 is 0 Å². The summed E-state index contributed by atoms with van der Waals surface area (Å²) in [5, 5.41) is 3.61. The fraction of sp³-hybridized carbons (Fsp3) is 0.0455. The fourth-order valence-corrected chi connectivity index (χ4v) is 7.19. The van der Waals surface area contributed by atoms with Crippen molar-refractivity contribution in [3.63, 3.8) is 0 Å². The summed E-state index contributed by atoms with van der Waals surface area (Å²) < 4.78 is 7.01. The van der Waals surface area contributed by atoms with Crippen molar-refractivity contribution in [2.75, 3.05) is 0 Å². The lowest BCUT2D eigenvalue weighted by atomic mass is 10.1. The third-order valence-electron chi connectivity index (χ3n) is 9.32. The summed E-state index contributed by atoms with van der Waals surface area (Å²) in [6.45, 7) is 2.80. The topological polar surface area (TPSA) is 40.6 Å². The van der Waals surface area contributed by atoms with Crippen molar-refractivity contribution in [1.29, 1.82) is 0 Å². The highest BCUT2D eigenvalue weighted by atomic mass is 15.2. The van der Waals surface area contributed by atoms with E-state index in [0.717, 1.165) is 51.5 Å². The number of hydrogen-bond acceptors (Lipinski definition) is 2. The zero-order valence-electron chi connectivity index (χ0n) is 27.1. The number of rotatable bonds is 7. The second-order valence-electron chi connectivity index (χ2n) is 12.2. The van der Waals surface area contributed by atoms with Crippen LogP contribution in [0.2, 0.25) is 0 Å². The van der Waals surface area contributed by atoms with Gasteiger partial charge in [0.05, 0.1) is 22.2 Å². The van der Waals surface area contributed by atoms with Crippen LogP contribution in [-0.4, -0.2) is 23.7 Å². The maximum Gasteiger partial charge on any atom is 0.167 e. The molecule has 0 aliphatic heterocycles. The van der Waals surface area contributed by atoms with Gasteiger partial charge in [-0.1, -0.05) is 127 Å². The molecule has 0 fully saturated rings. The molecule has 0 saturated heterocycles. The van der Waals surface area contributed by atoms with Crippen LogP contribution < -0.4 is 0 Å². The molecule has 5 heteroatoms. The SMILES string of the molecule is C/C=C\C=C/Cn1c(-c2ccccc2)cc2c1ccc1c3ccccc3n(-c3ccnc4c3nc(-c3ccccc3)n4-c3ccccc3)c12. The Kier molecular flexibility index (Phi) is 7.02. The molecule has 0 amide bonds. The van der Waals surface area contributed by atoms with Gasteiger partial charge in [-0.05, 0) is 48.9 Å². The van der Waals surface area contributed by atoms with E-state index in [0.29, 0.717) is 0 Å². The summed E-state index contributed by atoms with van der Waals surface area (Å²) in [7, 11) is 0. The third-order valence-corrected chi connectivity index (χ3v) is 9.32. The molecule has 5 aromatic carbocycles. The van der Waals surface area contributed by atoms with E-state index >= 15 is 0 Å². The first-order valence-corrected chi connectivity index (χ1v) is 16.7. The number of para-hydroxylation sites is 2. The first-order chi connectivity index (χ1) is 24.3. The highest BCUT2D eigenvalue weighted by Gasteiger charge is 2.23. The van der Waals surface area contributed by atoms with E-state index in [-0.39, 0.29) is 0 Å². The van der Waals surface area contributed by atoms with Gasteiger partial charge in [0.1, 0.15) is 11.3 Å². The van der Waals surface area contributed by atoms with Gasteiger partial charge in [-0.15, -0.1) is 0 Å². The zero-order valence-corrected chi connectivity index (χ0v) is 27.1. The highest BCUT2D eigenvalue weighted by molar-refractivity contribution is 6.19. The quantitative estimate of drug-likeness (QED) is 0.164. The summed E-state index contributed by atoms with van der Waals surface area (Å²) in [5.41, 5.74) is 10.6. The number of pyridine rings is 1. The van der Waals surface area contributed by atoms with Gasteiger partial charge in [-0.2, -0.15) is 0 Å². The minimum Gasteiger partial charge on any atom is -0.337 e. The van der Waals surface area contributed by atoms with Crippen molar-refractivity contribution in [2.24, 2.45) is 0 Å². The van der Waals surface area contributed by atoms with Crippen LogP contribution >= 0.6 is 0 Å². The first-order valence-electron chi connectivity index (χ1n) is 16.7. The van der Waals surface area contributed by atoms with Gasteiger partial charge in [-0.25, -0.2) is 9.97 Å². The number of fused-ring (bicyclic) bond motifs is 6. The Balaban J connectivity index is 1.39. The Bertz CT molecular complexity index is 2670. The molecule has 0 aliphatic carbocycles. The first kappa shape index (κ1) is 28.7. The molecule has 4 aromatic heterocycles. The lowest BCUT2D eigenvalue weighted by Gasteiger charge is -2.11. The molecule has 0 N–H and O–H groups in total. The average Bonchev–Trinajstić information content (AvgIpc) is 3.84. The van der Waals surface area contributed by atoms with Crippen LogP contribution in [0.25, 0.3) is 77.9 Å². The van der Waals surface area contributed by atoms with Crippen LogP contribution in [-0.2, 0) is 6.54 Å². The molecule has 0 spiro atoms. The van der Waals surface area contributed by atoms with Crippen molar-refractivity contribution in [2.45, 2.75) is 13.5 Å². The van der Waals surface area contributed by atoms with Gasteiger partial charge in [0.15, 0.2) is 5.65 Å². The Labute approximate surface area is 284 Å². The molecule has 234 valence electrons. The van der Waals surface area contributed by atoms with Crippen LogP contribution in [0.3, 0.4) is 0 Å². The zero-order chi connectivity index (χ0) is 32.7. The third kappa shape index (κ3) is 4.70. The van der Waals surface area contributed by atoms with Gasteiger partial charge in [0.2, 0.25) is 0 Å². The minimum atomic E-state index is 0.755. The lowest BCUT2D eigenvalue weighted by Crippen LogP contribution is -2.00. The molecule has 0 saturated carbocycles. The van der Waals surface area contributed by atoms with Crippen molar-refractivity contribution >= 4 is 43.9 Å². The van der Waals surface area contributed by atoms with Gasteiger partial charge < -0.3 is 9.13 Å². The van der Waals surface area contributed by atoms with E-state index in [9.17, 15) is 0 Å². The molecule has 9 aromatic rings. The Morgan fingerprint density at radius 2 is 1.33 bits per heavy atom. The molecule has 0 atom stereocenters. The Morgan fingerprint density at radius 1 is 0.612 bits per heavy atom. The maximum atomic E-state index is 5.40. The molecule has 0 aliphatic rings. The highest BCUT2D eigenvalue weighted by Crippen LogP contribution is 2.41. The standard InChI is InChI=1S/C44H33N5/c1-2-3-4-16-29-47-37-26-25-35-34-23-14-15-24-38(34)49(42(35)36(37)30-40(47)31-17-8-5-9-18-31)39-27-28-45-44-41(39)46-43(32-19-10-6-11-20-32)48(44)33-21-12-7-13-22-33/h2-28,30H,29H2,1H3/b3-2-,16-4-. The van der Waals surface area contributed by atoms with Crippen LogP contribution in [0, 0.1) is 0 Å². The molecule has 4 heterocycles. The number of benzene rings is 5. The molecule has 0 unspecified atom stereocenters. The molecular weight excluding hydrogens is 599 g/mol. The Hall–Kier alpha value is -6.46. The Morgan fingerprint density at radius 3 is 2.10 bits per heavy atom. The van der Waals surface area contributed by atoms with Gasteiger partial charge in [0.25, 0.3) is 0 Å². The smallest absolute Gasteiger partial charge is 0.167 e. The predicted octanol–water partition coefficient (Wildman–Crippen LogP) is 10.9. The molecule has 49 heavy (non-hydrogen) atoms. The molecular formula is C44H33N5. The monoisotopic (exact) mass is 631 g/mol. The van der Waals surface area contributed by atoms with Gasteiger partial charge >= 0.3 is 0 Å². The van der Waals surface area contributed by atoms with E-state index in [1.165, 1.54) is 32.9 Å². The van der Waals surface area contributed by atoms with E-state index in [4.69, 9.17) is 9.97 Å². The molecule has 9 rings (SSSR count). The maximum absolute atomic E-state index is 5.40. The lowest BCUT2D eigenvalue weighted by molar-refractivity contribution is 0.872. The fourth-order valence-electron chi connectivity index (χ4n) is 7.19.